The van der Waals surface area contributed by atoms with Crippen molar-refractivity contribution in [3.63, 3.8) is 0 Å². The van der Waals surface area contributed by atoms with Gasteiger partial charge in [0.05, 0.1) is 18.0 Å². The number of nitro benzene ring substituents is 1. The number of benzene rings is 1. The van der Waals surface area contributed by atoms with Crippen molar-refractivity contribution in [3.05, 3.63) is 38.3 Å². The first kappa shape index (κ1) is 16.1. The molecule has 3 N–H and O–H groups in total. The largest absolute Gasteiger partial charge is 0.480 e. The Morgan fingerprint density at radius 2 is 2.05 bits per heavy atom. The molecular weight excluding hydrogens is 334 g/mol. The molecule has 1 aromatic rings. The quantitative estimate of drug-likeness (QED) is 0.553. The van der Waals surface area contributed by atoms with Gasteiger partial charge in [-0.15, -0.1) is 0 Å². The Balaban J connectivity index is 2.90. The predicted molar refractivity (Wildman–Crippen MR) is 72.9 cm³/mol. The van der Waals surface area contributed by atoms with Crippen LogP contribution in [-0.4, -0.2) is 39.9 Å². The number of non-ortho nitro benzene ring substituents is 1. The van der Waals surface area contributed by atoms with Crippen LogP contribution >= 0.6 is 15.9 Å². The van der Waals surface area contributed by atoms with Crippen molar-refractivity contribution in [3.8, 4) is 0 Å². The molecule has 0 unspecified atom stereocenters. The van der Waals surface area contributed by atoms with Crippen molar-refractivity contribution in [2.75, 3.05) is 13.1 Å². The summed E-state index contributed by atoms with van der Waals surface area (Å²) in [5.74, 6) is -1.74. The molecule has 1 aromatic carbocycles. The van der Waals surface area contributed by atoms with Crippen LogP contribution in [0.25, 0.3) is 0 Å². The summed E-state index contributed by atoms with van der Waals surface area (Å²) in [6.07, 6.45) is 0. The summed E-state index contributed by atoms with van der Waals surface area (Å²) < 4.78 is 0.464. The first-order valence-corrected chi connectivity index (χ1v) is 6.24. The van der Waals surface area contributed by atoms with E-state index >= 15 is 0 Å². The van der Waals surface area contributed by atoms with Crippen molar-refractivity contribution in [2.24, 2.45) is 5.73 Å². The van der Waals surface area contributed by atoms with E-state index in [0.717, 1.165) is 0 Å². The number of hydrogen-bond acceptors (Lipinski definition) is 5. The van der Waals surface area contributed by atoms with E-state index in [0.29, 0.717) is 10.0 Å². The molecular formula is C11H12BrN3O5. The van der Waals surface area contributed by atoms with Gasteiger partial charge in [0.1, 0.15) is 0 Å². The average Bonchev–Trinajstić information content (AvgIpc) is 2.29. The van der Waals surface area contributed by atoms with Crippen molar-refractivity contribution in [2.45, 2.75) is 6.54 Å². The fourth-order valence-electron chi connectivity index (χ4n) is 1.60. The number of nitrogens with zero attached hydrogens (tertiary/aromatic N) is 2. The highest BCUT2D eigenvalue weighted by Crippen LogP contribution is 2.24. The minimum absolute atomic E-state index is 0.0830. The lowest BCUT2D eigenvalue weighted by Gasteiger charge is -2.19. The van der Waals surface area contributed by atoms with Crippen molar-refractivity contribution >= 4 is 33.5 Å². The van der Waals surface area contributed by atoms with Crippen LogP contribution in [0.15, 0.2) is 22.7 Å². The van der Waals surface area contributed by atoms with Gasteiger partial charge in [0.15, 0.2) is 0 Å². The molecule has 1 rings (SSSR count). The summed E-state index contributed by atoms with van der Waals surface area (Å²) in [6, 6.07) is 4.12. The zero-order chi connectivity index (χ0) is 15.3. The molecule has 108 valence electrons. The third-order valence-electron chi connectivity index (χ3n) is 2.38. The smallest absolute Gasteiger partial charge is 0.317 e. The molecule has 0 radical (unpaired) electrons. The number of aliphatic carboxylic acids is 1. The lowest BCUT2D eigenvalue weighted by Crippen LogP contribution is -2.36. The Hall–Kier alpha value is -2.00. The zero-order valence-electron chi connectivity index (χ0n) is 10.3. The van der Waals surface area contributed by atoms with E-state index in [1.165, 1.54) is 23.1 Å². The zero-order valence-corrected chi connectivity index (χ0v) is 11.9. The molecule has 0 atom stereocenters. The minimum atomic E-state index is -1.09. The number of carboxylic acid groups (broad SMARTS) is 1. The normalized spacial score (nSPS) is 10.5. The second kappa shape index (κ2) is 6.96. The number of rotatable bonds is 7. The third kappa shape index (κ3) is 4.94. The van der Waals surface area contributed by atoms with Gasteiger partial charge in [-0.3, -0.25) is 24.6 Å². The van der Waals surface area contributed by atoms with E-state index in [4.69, 9.17) is 10.8 Å². The highest BCUT2D eigenvalue weighted by Gasteiger charge is 2.16. The Morgan fingerprint density at radius 3 is 2.50 bits per heavy atom. The molecule has 0 aliphatic rings. The highest BCUT2D eigenvalue weighted by molar-refractivity contribution is 9.10. The lowest BCUT2D eigenvalue weighted by molar-refractivity contribution is -0.384. The minimum Gasteiger partial charge on any atom is -0.480 e. The lowest BCUT2D eigenvalue weighted by atomic mass is 10.2. The molecule has 0 aliphatic carbocycles. The van der Waals surface area contributed by atoms with Gasteiger partial charge in [-0.1, -0.05) is 15.9 Å². The summed E-state index contributed by atoms with van der Waals surface area (Å²) in [6.45, 7) is -0.435. The van der Waals surface area contributed by atoms with Gasteiger partial charge in [0, 0.05) is 23.2 Å². The van der Waals surface area contributed by atoms with E-state index in [1.807, 2.05) is 0 Å². The number of primary amides is 1. The maximum absolute atomic E-state index is 10.9. The van der Waals surface area contributed by atoms with Gasteiger partial charge in [0.2, 0.25) is 5.91 Å². The molecule has 0 saturated heterocycles. The maximum Gasteiger partial charge on any atom is 0.317 e. The molecule has 0 saturated carbocycles. The van der Waals surface area contributed by atoms with Crippen LogP contribution in [0.4, 0.5) is 5.69 Å². The molecule has 8 nitrogen and oxygen atoms in total. The molecule has 0 aliphatic heterocycles. The first-order valence-electron chi connectivity index (χ1n) is 5.45. The van der Waals surface area contributed by atoms with Crippen molar-refractivity contribution in [1.29, 1.82) is 0 Å². The molecule has 0 heterocycles. The Bertz CT molecular complexity index is 533. The van der Waals surface area contributed by atoms with Crippen LogP contribution in [0.1, 0.15) is 5.56 Å². The second-order valence-electron chi connectivity index (χ2n) is 4.04. The van der Waals surface area contributed by atoms with Crippen LogP contribution in [0.5, 0.6) is 0 Å². The number of carbonyl (C=O) groups excluding carboxylic acids is 1. The molecule has 0 bridgehead atoms. The second-order valence-corrected chi connectivity index (χ2v) is 4.89. The maximum atomic E-state index is 10.9. The van der Waals surface area contributed by atoms with E-state index in [-0.39, 0.29) is 25.3 Å². The molecule has 20 heavy (non-hydrogen) atoms. The van der Waals surface area contributed by atoms with Crippen LogP contribution in [-0.2, 0) is 16.1 Å². The Kier molecular flexibility index (Phi) is 5.59. The average molecular weight is 346 g/mol. The third-order valence-corrected chi connectivity index (χ3v) is 3.12. The van der Waals surface area contributed by atoms with E-state index in [1.54, 1.807) is 0 Å². The van der Waals surface area contributed by atoms with Gasteiger partial charge < -0.3 is 10.8 Å². The Labute approximate surface area is 122 Å². The molecule has 9 heteroatoms. The fraction of sp³-hybridized carbons (Fsp3) is 0.273. The Morgan fingerprint density at radius 1 is 1.40 bits per heavy atom. The number of carboxylic acids is 1. The summed E-state index contributed by atoms with van der Waals surface area (Å²) in [5, 5.41) is 19.4. The number of amides is 1. The summed E-state index contributed by atoms with van der Waals surface area (Å²) in [4.78, 5) is 33.0. The van der Waals surface area contributed by atoms with Gasteiger partial charge in [-0.25, -0.2) is 0 Å². The number of nitrogens with two attached hydrogens (primary N) is 1. The monoisotopic (exact) mass is 345 g/mol. The standard InChI is InChI=1S/C11H12BrN3O5/c12-9-3-8(15(19)20)2-1-7(9)4-14(5-10(13)16)6-11(17)18/h1-3H,4-6H2,(H2,13,16)(H,17,18). The van der Waals surface area contributed by atoms with E-state index < -0.39 is 16.8 Å². The van der Waals surface area contributed by atoms with Crippen molar-refractivity contribution in [1.82, 2.24) is 4.90 Å². The molecule has 0 fully saturated rings. The topological polar surface area (TPSA) is 127 Å². The summed E-state index contributed by atoms with van der Waals surface area (Å²) >= 11 is 3.18. The fourth-order valence-corrected chi connectivity index (χ4v) is 2.09. The van der Waals surface area contributed by atoms with Crippen LogP contribution in [0, 0.1) is 10.1 Å². The summed E-state index contributed by atoms with van der Waals surface area (Å²) in [7, 11) is 0. The predicted octanol–water partition coefficient (Wildman–Crippen LogP) is 0.729. The number of nitro groups is 1. The molecule has 0 spiro atoms. The number of halogens is 1. The van der Waals surface area contributed by atoms with Gasteiger partial charge >= 0.3 is 5.97 Å². The van der Waals surface area contributed by atoms with Crippen LogP contribution in [0.3, 0.4) is 0 Å². The van der Waals surface area contributed by atoms with Gasteiger partial charge in [-0.2, -0.15) is 0 Å². The number of carbonyl (C=O) groups is 2. The SMILES string of the molecule is NC(=O)CN(CC(=O)O)Cc1ccc([N+](=O)[O-])cc1Br. The number of hydrogen-bond donors (Lipinski definition) is 2. The summed E-state index contributed by atoms with van der Waals surface area (Å²) in [5.41, 5.74) is 5.59. The van der Waals surface area contributed by atoms with Gasteiger partial charge in [0.25, 0.3) is 5.69 Å². The first-order chi connectivity index (χ1) is 9.29. The van der Waals surface area contributed by atoms with Crippen LogP contribution < -0.4 is 5.73 Å². The van der Waals surface area contributed by atoms with E-state index in [2.05, 4.69) is 15.9 Å². The van der Waals surface area contributed by atoms with Crippen molar-refractivity contribution < 1.29 is 19.6 Å². The highest BCUT2D eigenvalue weighted by atomic mass is 79.9. The molecule has 0 aromatic heterocycles. The van der Waals surface area contributed by atoms with Gasteiger partial charge in [-0.05, 0) is 11.6 Å². The van der Waals surface area contributed by atoms with Crippen LogP contribution in [0.2, 0.25) is 0 Å². The molecule has 1 amide bonds. The van der Waals surface area contributed by atoms with E-state index in [9.17, 15) is 19.7 Å².